The number of hydrogen-bond donors (Lipinski definition) is 4. The van der Waals surface area contributed by atoms with Gasteiger partial charge in [0.15, 0.2) is 5.82 Å². The third-order valence-electron chi connectivity index (χ3n) is 8.32. The molecule has 0 bridgehead atoms. The molecular formula is C30H30F2N8O7S. The minimum Gasteiger partial charge on any atom is -0.475 e. The molecule has 4 aromatic rings. The largest absolute Gasteiger partial charge is 0.475 e. The third kappa shape index (κ3) is 6.12. The number of carboxylic acids is 1. The number of sulfonamides is 1. The summed E-state index contributed by atoms with van der Waals surface area (Å²) >= 11 is 0. The van der Waals surface area contributed by atoms with Crippen molar-refractivity contribution in [1.82, 2.24) is 24.4 Å². The van der Waals surface area contributed by atoms with Crippen molar-refractivity contribution in [2.24, 2.45) is 5.73 Å². The van der Waals surface area contributed by atoms with Gasteiger partial charge in [0, 0.05) is 63.0 Å². The average Bonchev–Trinajstić information content (AvgIpc) is 3.63. The van der Waals surface area contributed by atoms with Crippen LogP contribution in [0.2, 0.25) is 0 Å². The highest BCUT2D eigenvalue weighted by Gasteiger charge is 2.33. The summed E-state index contributed by atoms with van der Waals surface area (Å²) in [7, 11) is -2.38. The van der Waals surface area contributed by atoms with E-state index >= 15 is 0 Å². The number of aryl methyl sites for hydroxylation is 1. The summed E-state index contributed by atoms with van der Waals surface area (Å²) in [5.74, 6) is -5.70. The van der Waals surface area contributed by atoms with E-state index in [0.29, 0.717) is 49.2 Å². The molecule has 2 amide bonds. The van der Waals surface area contributed by atoms with Gasteiger partial charge in [-0.25, -0.2) is 27.0 Å². The fraction of sp³-hybridized carbons (Fsp3) is 0.300. The maximum absolute atomic E-state index is 13.9. The van der Waals surface area contributed by atoms with E-state index in [1.54, 1.807) is 0 Å². The van der Waals surface area contributed by atoms with Gasteiger partial charge in [-0.3, -0.25) is 14.7 Å². The van der Waals surface area contributed by atoms with Gasteiger partial charge in [0.1, 0.15) is 11.6 Å². The number of H-pyrrole nitrogens is 1. The zero-order valence-electron chi connectivity index (χ0n) is 25.7. The van der Waals surface area contributed by atoms with Crippen LogP contribution < -0.4 is 16.0 Å². The number of fused-ring (bicyclic) bond motifs is 1. The van der Waals surface area contributed by atoms with Crippen molar-refractivity contribution < 1.29 is 41.1 Å². The number of carbonyl (C=O) groups is 3. The van der Waals surface area contributed by atoms with Gasteiger partial charge in [0.25, 0.3) is 5.91 Å². The van der Waals surface area contributed by atoms with Crippen molar-refractivity contribution in [3.8, 4) is 11.5 Å². The molecule has 0 saturated carbocycles. The van der Waals surface area contributed by atoms with Crippen LogP contribution in [0.4, 0.5) is 20.3 Å². The number of nitrogens with one attached hydrogen (secondary N) is 2. The van der Waals surface area contributed by atoms with Crippen molar-refractivity contribution in [2.75, 3.05) is 50.0 Å². The summed E-state index contributed by atoms with van der Waals surface area (Å²) in [6, 6.07) is 4.78. The highest BCUT2D eigenvalue weighted by atomic mass is 32.2. The van der Waals surface area contributed by atoms with Crippen LogP contribution in [0.5, 0.6) is 0 Å². The van der Waals surface area contributed by atoms with Gasteiger partial charge >= 0.3 is 5.97 Å². The van der Waals surface area contributed by atoms with E-state index < -0.39 is 44.3 Å². The van der Waals surface area contributed by atoms with Crippen molar-refractivity contribution in [3.05, 3.63) is 75.8 Å². The smallest absolute Gasteiger partial charge is 0.373 e. The van der Waals surface area contributed by atoms with Crippen molar-refractivity contribution in [1.29, 1.82) is 0 Å². The zero-order chi connectivity index (χ0) is 34.5. The second-order valence-corrected chi connectivity index (χ2v) is 13.4. The monoisotopic (exact) mass is 684 g/mol. The van der Waals surface area contributed by atoms with E-state index in [9.17, 15) is 36.7 Å². The first kappa shape index (κ1) is 32.7. The minimum absolute atomic E-state index is 0.0279. The van der Waals surface area contributed by atoms with E-state index in [-0.39, 0.29) is 59.4 Å². The van der Waals surface area contributed by atoms with Gasteiger partial charge in [0.2, 0.25) is 27.6 Å². The van der Waals surface area contributed by atoms with Gasteiger partial charge in [-0.15, -0.1) is 0 Å². The maximum Gasteiger partial charge on any atom is 0.373 e. The second-order valence-electron chi connectivity index (χ2n) is 11.5. The molecule has 2 aliphatic rings. The predicted molar refractivity (Wildman–Crippen MR) is 166 cm³/mol. The number of anilines is 2. The van der Waals surface area contributed by atoms with Crippen molar-refractivity contribution >= 4 is 39.3 Å². The van der Waals surface area contributed by atoms with E-state index in [2.05, 4.69) is 25.4 Å². The highest BCUT2D eigenvalue weighted by molar-refractivity contribution is 7.89. The second kappa shape index (κ2) is 12.4. The molecule has 4 heterocycles. The van der Waals surface area contributed by atoms with Gasteiger partial charge in [-0.05, 0) is 38.2 Å². The Bertz CT molecular complexity index is 2050. The number of likely N-dealkylation sites (N-methyl/N-ethyl adjacent to an activating group) is 1. The van der Waals surface area contributed by atoms with Crippen LogP contribution in [0.25, 0.3) is 11.5 Å². The first-order valence-corrected chi connectivity index (χ1v) is 16.1. The summed E-state index contributed by atoms with van der Waals surface area (Å²) in [6.45, 7) is 3.60. The Labute approximate surface area is 272 Å². The summed E-state index contributed by atoms with van der Waals surface area (Å²) < 4.78 is 60.9. The summed E-state index contributed by atoms with van der Waals surface area (Å²) in [4.78, 5) is 46.1. The molecule has 0 radical (unpaired) electrons. The quantitative estimate of drug-likeness (QED) is 0.212. The number of aromatic nitrogens is 3. The lowest BCUT2D eigenvalue weighted by atomic mass is 9.99. The van der Waals surface area contributed by atoms with E-state index in [0.717, 1.165) is 16.4 Å². The van der Waals surface area contributed by atoms with Crippen LogP contribution in [0, 0.1) is 18.6 Å². The Balaban J connectivity index is 1.36. The van der Waals surface area contributed by atoms with Gasteiger partial charge in [0.05, 0.1) is 33.0 Å². The topological polar surface area (TPSA) is 208 Å². The summed E-state index contributed by atoms with van der Waals surface area (Å²) in [5.41, 5.74) is 7.04. The fourth-order valence-electron chi connectivity index (χ4n) is 5.75. The van der Waals surface area contributed by atoms with Crippen LogP contribution in [0.3, 0.4) is 0 Å². The molecular weight excluding hydrogens is 654 g/mol. The molecule has 48 heavy (non-hydrogen) atoms. The Hall–Kier alpha value is -5.20. The first-order valence-electron chi connectivity index (χ1n) is 14.7. The van der Waals surface area contributed by atoms with Crippen LogP contribution in [-0.4, -0.2) is 95.5 Å². The third-order valence-corrected chi connectivity index (χ3v) is 10.1. The Morgan fingerprint density at radius 3 is 2.33 bits per heavy atom. The van der Waals surface area contributed by atoms with Crippen LogP contribution >= 0.6 is 0 Å². The van der Waals surface area contributed by atoms with Crippen LogP contribution in [0.1, 0.15) is 48.2 Å². The number of aromatic amines is 1. The number of rotatable bonds is 8. The highest BCUT2D eigenvalue weighted by Crippen LogP contribution is 2.36. The molecule has 0 aliphatic carbocycles. The number of benzene rings is 2. The molecule has 6 rings (SSSR count). The Morgan fingerprint density at radius 1 is 1.02 bits per heavy atom. The lowest BCUT2D eigenvalue weighted by molar-refractivity contribution is 0.0662. The molecule has 1 saturated heterocycles. The number of hydrogen-bond acceptors (Lipinski definition) is 10. The number of oxazole rings is 1. The van der Waals surface area contributed by atoms with Crippen LogP contribution in [0.15, 0.2) is 39.6 Å². The Morgan fingerprint density at radius 2 is 1.71 bits per heavy atom. The number of piperazine rings is 1. The lowest BCUT2D eigenvalue weighted by Crippen LogP contribution is -2.44. The molecule has 15 nitrogen and oxygen atoms in total. The van der Waals surface area contributed by atoms with Gasteiger partial charge in [-0.1, -0.05) is 0 Å². The van der Waals surface area contributed by atoms with E-state index in [1.165, 1.54) is 19.1 Å². The normalized spacial score (nSPS) is 15.7. The minimum atomic E-state index is -4.34. The molecule has 0 spiro atoms. The van der Waals surface area contributed by atoms with Gasteiger partial charge < -0.3 is 30.4 Å². The number of carboxylic acid groups (broad SMARTS) is 1. The molecule has 2 aromatic carbocycles. The number of carbonyl (C=O) groups excluding carboxylic acids is 2. The molecule has 252 valence electrons. The van der Waals surface area contributed by atoms with Crippen LogP contribution in [-0.2, 0) is 23.0 Å². The standard InChI is InChI=1S/C30H30F2N8O7S/c1-15-25(30(43)44)47-29(34-15)21-12-20(19(26(33)41)13-24(21)39-7-5-38(2)6-8-39)28(42)35-27-22-14-40(4-3-23(22)36-37-27)48(45,46)18-10-16(31)9-17(32)11-18/h9-13H,3-8,14H2,1-2H3,(H2,33,41)(H,43,44)(H2,35,36,37,42). The fourth-order valence-corrected chi connectivity index (χ4v) is 7.20. The van der Waals surface area contributed by atoms with Crippen molar-refractivity contribution in [2.45, 2.75) is 24.8 Å². The number of amides is 2. The molecule has 0 atom stereocenters. The number of primary amides is 1. The summed E-state index contributed by atoms with van der Waals surface area (Å²) in [6.07, 6.45) is 0.154. The Kier molecular flexibility index (Phi) is 8.48. The summed E-state index contributed by atoms with van der Waals surface area (Å²) in [5, 5.41) is 19.1. The number of nitrogens with zero attached hydrogens (tertiary/aromatic N) is 5. The number of aromatic carboxylic acids is 1. The zero-order valence-corrected chi connectivity index (χ0v) is 26.5. The molecule has 18 heteroatoms. The first-order chi connectivity index (χ1) is 22.7. The molecule has 5 N–H and O–H groups in total. The lowest BCUT2D eigenvalue weighted by Gasteiger charge is -2.35. The SMILES string of the molecule is Cc1nc(-c2cc(C(=O)Nc3n[nH]c4c3CN(S(=O)(=O)c3cc(F)cc(F)c3)CC4)c(C(N)=O)cc2N2CCN(C)CC2)oc1C(=O)O. The maximum atomic E-state index is 13.9. The predicted octanol–water partition coefficient (Wildman–Crippen LogP) is 2.20. The number of halogens is 2. The van der Waals surface area contributed by atoms with Crippen molar-refractivity contribution in [3.63, 3.8) is 0 Å². The van der Waals surface area contributed by atoms with Gasteiger partial charge in [-0.2, -0.15) is 9.40 Å². The number of nitrogens with two attached hydrogens (primary N) is 1. The molecule has 1 fully saturated rings. The van der Waals surface area contributed by atoms with E-state index in [4.69, 9.17) is 10.2 Å². The molecule has 2 aliphatic heterocycles. The molecule has 2 aromatic heterocycles. The van der Waals surface area contributed by atoms with E-state index in [1.807, 2.05) is 11.9 Å². The average molecular weight is 685 g/mol. The molecule has 0 unspecified atom stereocenters.